The van der Waals surface area contributed by atoms with E-state index in [0.29, 0.717) is 24.5 Å². The maximum absolute atomic E-state index is 12.6. The van der Waals surface area contributed by atoms with Crippen LogP contribution in [0.4, 0.5) is 5.69 Å². The zero-order chi connectivity index (χ0) is 19.9. The first kappa shape index (κ1) is 20.6. The van der Waals surface area contributed by atoms with Crippen LogP contribution in [0.25, 0.3) is 0 Å². The SMILES string of the molecule is C=CCOc1ccc(NC(=O)C(CC)Oc2ccc(C(C)(C)C)cc2)cc1. The largest absolute Gasteiger partial charge is 0.490 e. The summed E-state index contributed by atoms with van der Waals surface area (Å²) in [5.41, 5.74) is 2.02. The Bertz CT molecular complexity index is 743. The van der Waals surface area contributed by atoms with E-state index in [1.54, 1.807) is 18.2 Å². The molecule has 0 aliphatic rings. The Morgan fingerprint density at radius 3 is 2.19 bits per heavy atom. The quantitative estimate of drug-likeness (QED) is 0.640. The third-order valence-corrected chi connectivity index (χ3v) is 4.15. The Hall–Kier alpha value is -2.75. The highest BCUT2D eigenvalue weighted by atomic mass is 16.5. The molecule has 1 atom stereocenters. The molecule has 1 amide bonds. The van der Waals surface area contributed by atoms with Crippen molar-refractivity contribution in [1.82, 2.24) is 0 Å². The van der Waals surface area contributed by atoms with Gasteiger partial charge >= 0.3 is 0 Å². The van der Waals surface area contributed by atoms with Crippen molar-refractivity contribution < 1.29 is 14.3 Å². The van der Waals surface area contributed by atoms with Gasteiger partial charge in [0, 0.05) is 5.69 Å². The van der Waals surface area contributed by atoms with Gasteiger partial charge in [-0.05, 0) is 53.8 Å². The summed E-state index contributed by atoms with van der Waals surface area (Å²) < 4.78 is 11.3. The Morgan fingerprint density at radius 2 is 1.67 bits per heavy atom. The predicted octanol–water partition coefficient (Wildman–Crippen LogP) is 5.35. The molecule has 0 fully saturated rings. The molecular weight excluding hydrogens is 338 g/mol. The first-order valence-electron chi connectivity index (χ1n) is 9.25. The Kier molecular flexibility index (Phi) is 7.05. The number of benzene rings is 2. The fourth-order valence-electron chi connectivity index (χ4n) is 2.53. The Balaban J connectivity index is 1.98. The van der Waals surface area contributed by atoms with Gasteiger partial charge in [0.05, 0.1) is 0 Å². The summed E-state index contributed by atoms with van der Waals surface area (Å²) in [5.74, 6) is 1.26. The van der Waals surface area contributed by atoms with Crippen molar-refractivity contribution in [3.63, 3.8) is 0 Å². The number of amides is 1. The van der Waals surface area contributed by atoms with E-state index >= 15 is 0 Å². The normalized spacial score (nSPS) is 12.1. The second-order valence-electron chi connectivity index (χ2n) is 7.40. The first-order valence-corrected chi connectivity index (χ1v) is 9.25. The number of ether oxygens (including phenoxy) is 2. The molecule has 0 spiro atoms. The lowest BCUT2D eigenvalue weighted by atomic mass is 9.87. The predicted molar refractivity (Wildman–Crippen MR) is 111 cm³/mol. The molecule has 1 unspecified atom stereocenters. The molecular formula is C23H29NO3. The molecule has 1 N–H and O–H groups in total. The third-order valence-electron chi connectivity index (χ3n) is 4.15. The molecule has 2 aromatic rings. The lowest BCUT2D eigenvalue weighted by molar-refractivity contribution is -0.122. The molecule has 27 heavy (non-hydrogen) atoms. The van der Waals surface area contributed by atoms with Crippen molar-refractivity contribution >= 4 is 11.6 Å². The summed E-state index contributed by atoms with van der Waals surface area (Å²) in [6.45, 7) is 12.5. The van der Waals surface area contributed by atoms with Crippen LogP contribution in [0.15, 0.2) is 61.2 Å². The molecule has 4 nitrogen and oxygen atoms in total. The van der Waals surface area contributed by atoms with E-state index in [1.165, 1.54) is 5.56 Å². The molecule has 0 bridgehead atoms. The van der Waals surface area contributed by atoms with E-state index in [0.717, 1.165) is 5.75 Å². The van der Waals surface area contributed by atoms with Crippen molar-refractivity contribution in [3.05, 3.63) is 66.7 Å². The summed E-state index contributed by atoms with van der Waals surface area (Å²) in [7, 11) is 0. The number of nitrogens with one attached hydrogen (secondary N) is 1. The van der Waals surface area contributed by atoms with Crippen LogP contribution in [-0.4, -0.2) is 18.6 Å². The van der Waals surface area contributed by atoms with Crippen molar-refractivity contribution in [3.8, 4) is 11.5 Å². The fraction of sp³-hybridized carbons (Fsp3) is 0.348. The smallest absolute Gasteiger partial charge is 0.265 e. The minimum Gasteiger partial charge on any atom is -0.490 e. The van der Waals surface area contributed by atoms with Crippen LogP contribution in [0.1, 0.15) is 39.7 Å². The van der Waals surface area contributed by atoms with Gasteiger partial charge in [-0.15, -0.1) is 0 Å². The van der Waals surface area contributed by atoms with Gasteiger partial charge in [-0.3, -0.25) is 4.79 Å². The number of hydrogen-bond acceptors (Lipinski definition) is 3. The molecule has 0 aliphatic carbocycles. The van der Waals surface area contributed by atoms with Gasteiger partial charge in [0.2, 0.25) is 0 Å². The summed E-state index contributed by atoms with van der Waals surface area (Å²) in [6.07, 6.45) is 1.71. The van der Waals surface area contributed by atoms with E-state index in [4.69, 9.17) is 9.47 Å². The molecule has 2 rings (SSSR count). The topological polar surface area (TPSA) is 47.6 Å². The molecule has 4 heteroatoms. The van der Waals surface area contributed by atoms with Gasteiger partial charge in [0.1, 0.15) is 18.1 Å². The zero-order valence-electron chi connectivity index (χ0n) is 16.6. The molecule has 0 heterocycles. The van der Waals surface area contributed by atoms with Crippen LogP contribution in [0.5, 0.6) is 11.5 Å². The van der Waals surface area contributed by atoms with Gasteiger partial charge in [-0.2, -0.15) is 0 Å². The Labute approximate surface area is 162 Å². The Morgan fingerprint density at radius 1 is 1.07 bits per heavy atom. The number of rotatable bonds is 8. The van der Waals surface area contributed by atoms with Crippen molar-refractivity contribution in [1.29, 1.82) is 0 Å². The maximum Gasteiger partial charge on any atom is 0.265 e. The highest BCUT2D eigenvalue weighted by molar-refractivity contribution is 5.94. The van der Waals surface area contributed by atoms with Crippen molar-refractivity contribution in [2.45, 2.75) is 45.6 Å². The zero-order valence-corrected chi connectivity index (χ0v) is 16.6. The van der Waals surface area contributed by atoms with E-state index in [2.05, 4.69) is 32.7 Å². The highest BCUT2D eigenvalue weighted by Crippen LogP contribution is 2.25. The monoisotopic (exact) mass is 367 g/mol. The van der Waals surface area contributed by atoms with Crippen LogP contribution in [0.2, 0.25) is 0 Å². The van der Waals surface area contributed by atoms with Gasteiger partial charge < -0.3 is 14.8 Å². The molecule has 2 aromatic carbocycles. The molecule has 0 saturated heterocycles. The molecule has 0 aliphatic heterocycles. The average Bonchev–Trinajstić information content (AvgIpc) is 2.65. The maximum atomic E-state index is 12.6. The van der Waals surface area contributed by atoms with Crippen molar-refractivity contribution in [2.24, 2.45) is 0 Å². The summed E-state index contributed by atoms with van der Waals surface area (Å²) in [5, 5.41) is 2.89. The van der Waals surface area contributed by atoms with E-state index in [1.807, 2.05) is 43.3 Å². The summed E-state index contributed by atoms with van der Waals surface area (Å²) in [6, 6.07) is 15.2. The lowest BCUT2D eigenvalue weighted by Crippen LogP contribution is -2.32. The minimum atomic E-state index is -0.554. The number of hydrogen-bond donors (Lipinski definition) is 1. The summed E-state index contributed by atoms with van der Waals surface area (Å²) >= 11 is 0. The van der Waals surface area contributed by atoms with Crippen LogP contribution >= 0.6 is 0 Å². The fourth-order valence-corrected chi connectivity index (χ4v) is 2.53. The van der Waals surface area contributed by atoms with Crippen LogP contribution in [-0.2, 0) is 10.2 Å². The average molecular weight is 367 g/mol. The number of anilines is 1. The van der Waals surface area contributed by atoms with Crippen LogP contribution in [0.3, 0.4) is 0 Å². The van der Waals surface area contributed by atoms with Gasteiger partial charge in [0.25, 0.3) is 5.91 Å². The molecule has 0 aromatic heterocycles. The van der Waals surface area contributed by atoms with E-state index in [9.17, 15) is 4.79 Å². The number of carbonyl (C=O) groups is 1. The number of carbonyl (C=O) groups excluding carboxylic acids is 1. The van der Waals surface area contributed by atoms with E-state index in [-0.39, 0.29) is 11.3 Å². The second kappa shape index (κ2) is 9.26. The van der Waals surface area contributed by atoms with Gasteiger partial charge in [0.15, 0.2) is 6.10 Å². The molecule has 144 valence electrons. The third kappa shape index (κ3) is 6.17. The van der Waals surface area contributed by atoms with Crippen molar-refractivity contribution in [2.75, 3.05) is 11.9 Å². The lowest BCUT2D eigenvalue weighted by Gasteiger charge is -2.21. The standard InChI is InChI=1S/C23H29NO3/c1-6-16-26-19-14-10-18(11-15-19)24-22(25)21(7-2)27-20-12-8-17(9-13-20)23(3,4)5/h6,8-15,21H,1,7,16H2,2-5H3,(H,24,25). The van der Waals surface area contributed by atoms with Gasteiger partial charge in [-0.1, -0.05) is 52.5 Å². The second-order valence-corrected chi connectivity index (χ2v) is 7.40. The minimum absolute atomic E-state index is 0.0849. The van der Waals surface area contributed by atoms with Crippen LogP contribution in [0, 0.1) is 0 Å². The van der Waals surface area contributed by atoms with E-state index < -0.39 is 6.10 Å². The first-order chi connectivity index (χ1) is 12.8. The van der Waals surface area contributed by atoms with Crippen LogP contribution < -0.4 is 14.8 Å². The van der Waals surface area contributed by atoms with Gasteiger partial charge in [-0.25, -0.2) is 0 Å². The molecule has 0 radical (unpaired) electrons. The molecule has 0 saturated carbocycles. The summed E-state index contributed by atoms with van der Waals surface area (Å²) in [4.78, 5) is 12.6. The highest BCUT2D eigenvalue weighted by Gasteiger charge is 2.19.